The number of carbonyl (C=O) groups excluding carboxylic acids is 1. The second-order valence-electron chi connectivity index (χ2n) is 3.46. The molecule has 16 heavy (non-hydrogen) atoms. The van der Waals surface area contributed by atoms with Gasteiger partial charge in [0.05, 0.1) is 7.11 Å². The predicted octanol–water partition coefficient (Wildman–Crippen LogP) is 2.98. The molecule has 0 amide bonds. The first-order valence-corrected chi connectivity index (χ1v) is 5.59. The summed E-state index contributed by atoms with van der Waals surface area (Å²) in [5, 5.41) is 3.07. The molecule has 1 aromatic carbocycles. The first-order chi connectivity index (χ1) is 7.54. The Bertz CT molecular complexity index is 404. The lowest BCUT2D eigenvalue weighted by Gasteiger charge is -2.17. The first kappa shape index (κ1) is 12.8. The van der Waals surface area contributed by atoms with Crippen LogP contribution in [0.4, 0.5) is 5.69 Å². The number of anilines is 1. The molecule has 0 radical (unpaired) electrons. The van der Waals surface area contributed by atoms with E-state index in [4.69, 9.17) is 4.74 Å². The summed E-state index contributed by atoms with van der Waals surface area (Å²) in [6, 6.07) is 7.06. The number of hydrogen-bond acceptors (Lipinski definition) is 3. The molecule has 0 heterocycles. The lowest BCUT2D eigenvalue weighted by Crippen LogP contribution is -2.31. The number of halogens is 1. The van der Waals surface area contributed by atoms with Crippen LogP contribution in [-0.4, -0.2) is 19.1 Å². The summed E-state index contributed by atoms with van der Waals surface area (Å²) in [4.78, 5) is 11.5. The number of nitrogens with one attached hydrogen (secondary N) is 1. The Kier molecular flexibility index (Phi) is 4.55. The van der Waals surface area contributed by atoms with E-state index in [0.29, 0.717) is 5.57 Å². The van der Waals surface area contributed by atoms with Crippen molar-refractivity contribution in [2.45, 2.75) is 13.0 Å². The Hall–Kier alpha value is -1.29. The maximum absolute atomic E-state index is 11.5. The van der Waals surface area contributed by atoms with Crippen molar-refractivity contribution in [2.75, 3.05) is 12.4 Å². The van der Waals surface area contributed by atoms with Crippen molar-refractivity contribution < 1.29 is 9.53 Å². The van der Waals surface area contributed by atoms with Gasteiger partial charge in [-0.25, -0.2) is 4.79 Å². The molecule has 0 aliphatic heterocycles. The van der Waals surface area contributed by atoms with Crippen LogP contribution in [-0.2, 0) is 9.53 Å². The number of methoxy groups -OCH3 is 1. The van der Waals surface area contributed by atoms with E-state index < -0.39 is 6.04 Å². The van der Waals surface area contributed by atoms with Crippen molar-refractivity contribution in [1.29, 1.82) is 0 Å². The summed E-state index contributed by atoms with van der Waals surface area (Å²) < 4.78 is 5.65. The molecule has 0 aliphatic carbocycles. The van der Waals surface area contributed by atoms with Crippen molar-refractivity contribution in [1.82, 2.24) is 0 Å². The van der Waals surface area contributed by atoms with Gasteiger partial charge in [0.1, 0.15) is 6.04 Å². The Morgan fingerprint density at radius 3 is 2.75 bits per heavy atom. The fraction of sp³-hybridized carbons (Fsp3) is 0.250. The van der Waals surface area contributed by atoms with Crippen LogP contribution in [0.3, 0.4) is 0 Å². The monoisotopic (exact) mass is 283 g/mol. The molecule has 0 saturated carbocycles. The van der Waals surface area contributed by atoms with E-state index in [0.717, 1.165) is 10.2 Å². The Morgan fingerprint density at radius 2 is 2.25 bits per heavy atom. The van der Waals surface area contributed by atoms with E-state index in [-0.39, 0.29) is 5.97 Å². The molecular weight excluding hydrogens is 270 g/mol. The van der Waals surface area contributed by atoms with E-state index in [1.165, 1.54) is 7.11 Å². The molecule has 3 nitrogen and oxygen atoms in total. The molecule has 86 valence electrons. The lowest BCUT2D eigenvalue weighted by atomic mass is 10.1. The van der Waals surface area contributed by atoms with Gasteiger partial charge in [-0.2, -0.15) is 0 Å². The largest absolute Gasteiger partial charge is 0.467 e. The van der Waals surface area contributed by atoms with Crippen molar-refractivity contribution in [2.24, 2.45) is 0 Å². The van der Waals surface area contributed by atoms with Crippen LogP contribution in [0.25, 0.3) is 0 Å². The normalized spacial score (nSPS) is 11.7. The van der Waals surface area contributed by atoms with Crippen LogP contribution in [0.1, 0.15) is 6.92 Å². The molecule has 0 aliphatic rings. The average molecular weight is 284 g/mol. The maximum Gasteiger partial charge on any atom is 0.332 e. The first-order valence-electron chi connectivity index (χ1n) is 4.80. The SMILES string of the molecule is C=C(C)C(Nc1cccc(Br)c1)C(=O)OC. The number of hydrogen-bond donors (Lipinski definition) is 1. The van der Waals surface area contributed by atoms with Gasteiger partial charge >= 0.3 is 5.97 Å². The highest BCUT2D eigenvalue weighted by molar-refractivity contribution is 9.10. The molecule has 0 spiro atoms. The number of benzene rings is 1. The Labute approximate surface area is 104 Å². The van der Waals surface area contributed by atoms with E-state index in [1.54, 1.807) is 6.92 Å². The zero-order valence-corrected chi connectivity index (χ0v) is 10.9. The van der Waals surface area contributed by atoms with Crippen molar-refractivity contribution >= 4 is 27.6 Å². The van der Waals surface area contributed by atoms with E-state index in [1.807, 2.05) is 24.3 Å². The quantitative estimate of drug-likeness (QED) is 0.682. The highest BCUT2D eigenvalue weighted by atomic mass is 79.9. The van der Waals surface area contributed by atoms with Gasteiger partial charge in [-0.05, 0) is 30.7 Å². The Morgan fingerprint density at radius 1 is 1.56 bits per heavy atom. The van der Waals surface area contributed by atoms with Gasteiger partial charge in [0.15, 0.2) is 0 Å². The van der Waals surface area contributed by atoms with Crippen LogP contribution in [0, 0.1) is 0 Å². The van der Waals surface area contributed by atoms with Gasteiger partial charge < -0.3 is 10.1 Å². The topological polar surface area (TPSA) is 38.3 Å². The molecule has 0 aromatic heterocycles. The second kappa shape index (κ2) is 5.70. The van der Waals surface area contributed by atoms with Gasteiger partial charge in [0, 0.05) is 10.2 Å². The molecule has 0 bridgehead atoms. The Balaban J connectivity index is 2.84. The van der Waals surface area contributed by atoms with Crippen LogP contribution in [0.15, 0.2) is 40.9 Å². The molecule has 1 unspecified atom stereocenters. The molecule has 4 heteroatoms. The van der Waals surface area contributed by atoms with Gasteiger partial charge in [-0.15, -0.1) is 0 Å². The smallest absolute Gasteiger partial charge is 0.332 e. The summed E-state index contributed by atoms with van der Waals surface area (Å²) in [5.41, 5.74) is 1.56. The minimum Gasteiger partial charge on any atom is -0.467 e. The third kappa shape index (κ3) is 3.38. The molecule has 0 fully saturated rings. The number of esters is 1. The van der Waals surface area contributed by atoms with Crippen LogP contribution in [0.2, 0.25) is 0 Å². The second-order valence-corrected chi connectivity index (χ2v) is 4.37. The third-order valence-corrected chi connectivity index (χ3v) is 2.56. The molecule has 0 saturated heterocycles. The minimum atomic E-state index is -0.515. The highest BCUT2D eigenvalue weighted by Gasteiger charge is 2.19. The zero-order chi connectivity index (χ0) is 12.1. The van der Waals surface area contributed by atoms with Gasteiger partial charge in [0.2, 0.25) is 0 Å². The fourth-order valence-electron chi connectivity index (χ4n) is 1.25. The maximum atomic E-state index is 11.5. The van der Waals surface area contributed by atoms with Gasteiger partial charge in [-0.3, -0.25) is 0 Å². The summed E-state index contributed by atoms with van der Waals surface area (Å²) in [7, 11) is 1.36. The lowest BCUT2D eigenvalue weighted by molar-refractivity contribution is -0.140. The van der Waals surface area contributed by atoms with Crippen molar-refractivity contribution in [3.63, 3.8) is 0 Å². The van der Waals surface area contributed by atoms with Gasteiger partial charge in [-0.1, -0.05) is 28.6 Å². The van der Waals surface area contributed by atoms with E-state index in [9.17, 15) is 4.79 Å². The van der Waals surface area contributed by atoms with Gasteiger partial charge in [0.25, 0.3) is 0 Å². The van der Waals surface area contributed by atoms with E-state index in [2.05, 4.69) is 27.8 Å². The minimum absolute atomic E-state index is 0.340. The molecule has 1 rings (SSSR count). The number of ether oxygens (including phenoxy) is 1. The average Bonchev–Trinajstić information content (AvgIpc) is 2.24. The van der Waals surface area contributed by atoms with Crippen molar-refractivity contribution in [3.05, 3.63) is 40.9 Å². The summed E-state index contributed by atoms with van der Waals surface area (Å²) in [6.45, 7) is 5.55. The molecular formula is C12H14BrNO2. The van der Waals surface area contributed by atoms with Crippen LogP contribution in [0.5, 0.6) is 0 Å². The summed E-state index contributed by atoms with van der Waals surface area (Å²) in [5.74, 6) is -0.340. The fourth-order valence-corrected chi connectivity index (χ4v) is 1.65. The standard InChI is InChI=1S/C12H14BrNO2/c1-8(2)11(12(15)16-3)14-10-6-4-5-9(13)7-10/h4-7,11,14H,1H2,2-3H3. The van der Waals surface area contributed by atoms with Crippen molar-refractivity contribution in [3.8, 4) is 0 Å². The van der Waals surface area contributed by atoms with Crippen LogP contribution < -0.4 is 5.32 Å². The molecule has 1 N–H and O–H groups in total. The predicted molar refractivity (Wildman–Crippen MR) is 68.4 cm³/mol. The number of rotatable bonds is 4. The number of carbonyl (C=O) groups is 1. The van der Waals surface area contributed by atoms with E-state index >= 15 is 0 Å². The third-order valence-electron chi connectivity index (χ3n) is 2.07. The molecule has 1 atom stereocenters. The molecule has 1 aromatic rings. The summed E-state index contributed by atoms with van der Waals surface area (Å²) >= 11 is 3.36. The zero-order valence-electron chi connectivity index (χ0n) is 9.29. The highest BCUT2D eigenvalue weighted by Crippen LogP contribution is 2.18. The summed E-state index contributed by atoms with van der Waals surface area (Å²) in [6.07, 6.45) is 0. The van der Waals surface area contributed by atoms with Crippen LogP contribution >= 0.6 is 15.9 Å².